The number of ether oxygens (including phenoxy) is 3. The highest BCUT2D eigenvalue weighted by Gasteiger charge is 2.48. The lowest BCUT2D eigenvalue weighted by molar-refractivity contribution is -0.271. The number of aliphatic hydroxyl groups excluding tert-OH is 3. The lowest BCUT2D eigenvalue weighted by Gasteiger charge is -2.38. The van der Waals surface area contributed by atoms with Crippen LogP contribution in [0.15, 0.2) is 30.4 Å². The van der Waals surface area contributed by atoms with Crippen molar-refractivity contribution in [2.24, 2.45) is 0 Å². The summed E-state index contributed by atoms with van der Waals surface area (Å²) in [5.74, 6) is -5.43. The first-order valence-corrected chi connectivity index (χ1v) is 18.0. The smallest absolute Gasteiger partial charge is 0.335 e. The molecule has 0 aliphatic carbocycles. The van der Waals surface area contributed by atoms with Gasteiger partial charge in [0.05, 0.1) is 0 Å². The number of hydrogen-bond donors (Lipinski definition) is 7. The second kappa shape index (κ2) is 19.4. The number of carboxylic acids is 1. The molecule has 52 heavy (non-hydrogen) atoms. The van der Waals surface area contributed by atoms with Crippen LogP contribution < -0.4 is 15.4 Å². The van der Waals surface area contributed by atoms with Crippen LogP contribution in [0.1, 0.15) is 56.6 Å². The summed E-state index contributed by atoms with van der Waals surface area (Å²) in [5, 5.41) is 44.4. The minimum atomic E-state index is -4.66. The maximum Gasteiger partial charge on any atom is 0.335 e. The maximum absolute atomic E-state index is 12.8. The summed E-state index contributed by atoms with van der Waals surface area (Å²) in [7, 11) is -4.66. The second-order valence-electron chi connectivity index (χ2n) is 12.2. The molecule has 288 valence electrons. The van der Waals surface area contributed by atoms with Crippen LogP contribution >= 0.6 is 0 Å². The average Bonchev–Trinajstić information content (AvgIpc) is 3.38. The zero-order valence-electron chi connectivity index (χ0n) is 28.2. The number of rotatable bonds is 20. The van der Waals surface area contributed by atoms with E-state index in [1.807, 2.05) is 0 Å². The van der Waals surface area contributed by atoms with E-state index in [9.17, 15) is 62.2 Å². The fraction of sp³-hybridized carbons (Fsp3) is 0.562. The highest BCUT2D eigenvalue weighted by atomic mass is 32.2. The SMILES string of the molecule is CC(=O)OCc1ccc(O[C@@H]2O[C@H](C(=O)O)[C@@H](O)[C@H](O)[C@H]2O)cc1CCCCNC(=O)[C@H](CS(=O)(=O)O)NC(=O)CCCCCN1C(=O)C=CC1=O. The van der Waals surface area contributed by atoms with Crippen LogP contribution in [0.5, 0.6) is 5.75 Å². The standard InChI is InChI=1S/C32H43N3O16S/c1-18(36)49-16-20-9-10-21(50-32-28(42)26(40)27(41)29(51-32)31(44)45)15-19(20)7-4-5-13-33-30(43)22(17-52(46,47)48)34-23(37)8-3-2-6-14-35-24(38)11-12-25(35)39/h9-12,15,22,26-29,32,40-42H,2-8,13-14,16-17H2,1H3,(H,33,43)(H,34,37)(H,44,45)(H,46,47,48)/t22-,26-,27-,28+,29-,32+/m0/s1. The Morgan fingerprint density at radius 2 is 1.63 bits per heavy atom. The van der Waals surface area contributed by atoms with E-state index in [4.69, 9.17) is 14.2 Å². The van der Waals surface area contributed by atoms with Gasteiger partial charge in [-0.15, -0.1) is 0 Å². The number of aliphatic carboxylic acids is 1. The molecule has 0 spiro atoms. The highest BCUT2D eigenvalue weighted by molar-refractivity contribution is 7.85. The van der Waals surface area contributed by atoms with Crippen LogP contribution in [0.3, 0.4) is 0 Å². The topological polar surface area (TPSA) is 293 Å². The van der Waals surface area contributed by atoms with Crippen molar-refractivity contribution in [3.63, 3.8) is 0 Å². The molecule has 1 fully saturated rings. The van der Waals surface area contributed by atoms with Crippen LogP contribution in [-0.4, -0.2) is 129 Å². The number of benzene rings is 1. The van der Waals surface area contributed by atoms with Gasteiger partial charge in [0.1, 0.15) is 42.5 Å². The minimum absolute atomic E-state index is 0.0356. The highest BCUT2D eigenvalue weighted by Crippen LogP contribution is 2.27. The molecule has 0 aromatic heterocycles. The van der Waals surface area contributed by atoms with E-state index in [-0.39, 0.29) is 31.9 Å². The van der Waals surface area contributed by atoms with Crippen molar-refractivity contribution in [2.45, 2.75) is 95.2 Å². The van der Waals surface area contributed by atoms with Gasteiger partial charge >= 0.3 is 11.9 Å². The number of aliphatic hydroxyl groups is 3. The van der Waals surface area contributed by atoms with Crippen molar-refractivity contribution in [1.82, 2.24) is 15.5 Å². The van der Waals surface area contributed by atoms with Crippen molar-refractivity contribution < 1.29 is 76.4 Å². The molecule has 3 rings (SSSR count). The molecule has 0 saturated carbocycles. The second-order valence-corrected chi connectivity index (χ2v) is 13.6. The molecule has 19 nitrogen and oxygen atoms in total. The molecule has 0 bridgehead atoms. The molecule has 1 aromatic rings. The molecule has 4 amide bonds. The van der Waals surface area contributed by atoms with Gasteiger partial charge in [0.2, 0.25) is 18.1 Å². The molecule has 20 heteroatoms. The first-order valence-electron chi connectivity index (χ1n) is 16.4. The fourth-order valence-electron chi connectivity index (χ4n) is 5.33. The monoisotopic (exact) mass is 757 g/mol. The predicted octanol–water partition coefficient (Wildman–Crippen LogP) is -1.68. The maximum atomic E-state index is 12.8. The Morgan fingerprint density at radius 3 is 2.27 bits per heavy atom. The van der Waals surface area contributed by atoms with Crippen molar-refractivity contribution >= 4 is 45.7 Å². The van der Waals surface area contributed by atoms with Crippen LogP contribution in [0, 0.1) is 0 Å². The van der Waals surface area contributed by atoms with Gasteiger partial charge in [-0.2, -0.15) is 8.42 Å². The Kier molecular flexibility index (Phi) is 15.6. The molecule has 2 aliphatic heterocycles. The quantitative estimate of drug-likeness (QED) is 0.0338. The van der Waals surface area contributed by atoms with E-state index in [1.165, 1.54) is 31.2 Å². The number of esters is 1. The van der Waals surface area contributed by atoms with Crippen LogP contribution in [-0.2, 0) is 61.4 Å². The van der Waals surface area contributed by atoms with Gasteiger partial charge in [-0.05, 0) is 55.4 Å². The van der Waals surface area contributed by atoms with E-state index in [2.05, 4.69) is 10.6 Å². The largest absolute Gasteiger partial charge is 0.479 e. The number of amides is 4. The minimum Gasteiger partial charge on any atom is -0.479 e. The molecule has 7 N–H and O–H groups in total. The summed E-state index contributed by atoms with van der Waals surface area (Å²) in [6.45, 7) is 1.33. The average molecular weight is 758 g/mol. The molecule has 6 atom stereocenters. The summed E-state index contributed by atoms with van der Waals surface area (Å²) >= 11 is 0. The summed E-state index contributed by atoms with van der Waals surface area (Å²) in [4.78, 5) is 72.4. The van der Waals surface area contributed by atoms with E-state index in [0.29, 0.717) is 49.7 Å². The number of aryl methyl sites for hydroxylation is 1. The summed E-state index contributed by atoms with van der Waals surface area (Å²) < 4.78 is 48.3. The zero-order chi connectivity index (χ0) is 38.6. The lowest BCUT2D eigenvalue weighted by atomic mass is 9.99. The molecule has 0 unspecified atom stereocenters. The molecule has 1 saturated heterocycles. The number of nitrogens with one attached hydrogen (secondary N) is 2. The molecular weight excluding hydrogens is 714 g/mol. The Hall–Kier alpha value is -4.47. The van der Waals surface area contributed by atoms with Gasteiger partial charge < -0.3 is 45.3 Å². The number of carbonyl (C=O) groups is 6. The zero-order valence-corrected chi connectivity index (χ0v) is 29.0. The molecule has 1 aromatic carbocycles. The third-order valence-electron chi connectivity index (χ3n) is 8.06. The van der Waals surface area contributed by atoms with Crippen LogP contribution in [0.2, 0.25) is 0 Å². The number of unbranched alkanes of at least 4 members (excludes halogenated alkanes) is 3. The molecule has 0 radical (unpaired) electrons. The third kappa shape index (κ3) is 12.9. The van der Waals surface area contributed by atoms with Crippen molar-refractivity contribution in [3.05, 3.63) is 41.5 Å². The van der Waals surface area contributed by atoms with Gasteiger partial charge in [-0.3, -0.25) is 33.4 Å². The number of nitrogens with zero attached hydrogens (tertiary/aromatic N) is 1. The van der Waals surface area contributed by atoms with Gasteiger partial charge in [0, 0.05) is 38.6 Å². The van der Waals surface area contributed by atoms with Gasteiger partial charge in [-0.1, -0.05) is 12.5 Å². The summed E-state index contributed by atoms with van der Waals surface area (Å²) in [6, 6.07) is 2.92. The third-order valence-corrected chi connectivity index (χ3v) is 8.82. The molecule has 2 aliphatic rings. The fourth-order valence-corrected chi connectivity index (χ4v) is 5.99. The first kappa shape index (κ1) is 41.9. The lowest BCUT2D eigenvalue weighted by Crippen LogP contribution is -2.61. The number of hydrogen-bond acceptors (Lipinski definition) is 14. The van der Waals surface area contributed by atoms with Gasteiger partial charge in [0.25, 0.3) is 21.9 Å². The van der Waals surface area contributed by atoms with Crippen molar-refractivity contribution in [1.29, 1.82) is 0 Å². The van der Waals surface area contributed by atoms with E-state index >= 15 is 0 Å². The van der Waals surface area contributed by atoms with Crippen molar-refractivity contribution in [3.8, 4) is 5.75 Å². The Labute approximate surface area is 298 Å². The number of carbonyl (C=O) groups excluding carboxylic acids is 5. The summed E-state index contributed by atoms with van der Waals surface area (Å²) in [6.07, 6.45) is -4.57. The van der Waals surface area contributed by atoms with Crippen LogP contribution in [0.4, 0.5) is 0 Å². The molecule has 2 heterocycles. The predicted molar refractivity (Wildman–Crippen MR) is 175 cm³/mol. The Bertz CT molecular complexity index is 1600. The van der Waals surface area contributed by atoms with E-state index < -0.39 is 88.2 Å². The van der Waals surface area contributed by atoms with Gasteiger partial charge in [0.15, 0.2) is 6.10 Å². The number of carboxylic acid groups (broad SMARTS) is 1. The Balaban J connectivity index is 1.52. The van der Waals surface area contributed by atoms with E-state index in [0.717, 1.165) is 4.90 Å². The van der Waals surface area contributed by atoms with Crippen LogP contribution in [0.25, 0.3) is 0 Å². The normalized spacial score (nSPS) is 22.2. The van der Waals surface area contributed by atoms with Gasteiger partial charge in [-0.25, -0.2) is 4.79 Å². The van der Waals surface area contributed by atoms with E-state index in [1.54, 1.807) is 6.07 Å². The number of imide groups is 1. The molecular formula is C32H43N3O16S. The Morgan fingerprint density at radius 1 is 0.942 bits per heavy atom. The first-order chi connectivity index (χ1) is 24.5. The van der Waals surface area contributed by atoms with Crippen molar-refractivity contribution in [2.75, 3.05) is 18.8 Å². The summed E-state index contributed by atoms with van der Waals surface area (Å²) in [5.41, 5.74) is 1.17.